The maximum atomic E-state index is 5.90. The van der Waals surface area contributed by atoms with Crippen LogP contribution in [0.25, 0.3) is 0 Å². The molecule has 112 valence electrons. The van der Waals surface area contributed by atoms with Crippen LogP contribution in [-0.4, -0.2) is 51.2 Å². The van der Waals surface area contributed by atoms with E-state index in [4.69, 9.17) is 23.7 Å². The molecule has 0 aliphatic carbocycles. The molecule has 2 fully saturated rings. The molecule has 0 N–H and O–H groups in total. The number of epoxide rings is 2. The first-order chi connectivity index (χ1) is 9.35. The van der Waals surface area contributed by atoms with Crippen molar-refractivity contribution in [1.82, 2.24) is 0 Å². The molecule has 0 radical (unpaired) electrons. The van der Waals surface area contributed by atoms with Gasteiger partial charge in [-0.2, -0.15) is 0 Å². The highest BCUT2D eigenvalue weighted by atomic mass is 16.8. The lowest BCUT2D eigenvalue weighted by atomic mass is 10.3. The first-order valence-electron chi connectivity index (χ1n) is 7.47. The molecule has 2 aliphatic heterocycles. The van der Waals surface area contributed by atoms with Crippen LogP contribution in [0.15, 0.2) is 0 Å². The molecule has 0 bridgehead atoms. The quantitative estimate of drug-likeness (QED) is 0.310. The minimum Gasteiger partial charge on any atom is -0.368 e. The maximum absolute atomic E-state index is 5.90. The standard InChI is InChI=1S/C14H26O5/c1-3-5-7-15-13(11-9-17-11)19-14(12-10-18-12)16-8-6-4-2/h11-14H,3-10H2,1-2H3. The summed E-state index contributed by atoms with van der Waals surface area (Å²) in [7, 11) is 0. The Hall–Kier alpha value is -0.200. The van der Waals surface area contributed by atoms with Crippen molar-refractivity contribution in [3.63, 3.8) is 0 Å². The summed E-state index contributed by atoms with van der Waals surface area (Å²) < 4.78 is 27.9. The van der Waals surface area contributed by atoms with Crippen molar-refractivity contribution in [2.45, 2.75) is 64.3 Å². The van der Waals surface area contributed by atoms with Crippen molar-refractivity contribution < 1.29 is 23.7 Å². The third-order valence-electron chi connectivity index (χ3n) is 3.15. The number of ether oxygens (including phenoxy) is 5. The predicted molar refractivity (Wildman–Crippen MR) is 69.9 cm³/mol. The van der Waals surface area contributed by atoms with E-state index in [1.54, 1.807) is 0 Å². The molecule has 0 spiro atoms. The van der Waals surface area contributed by atoms with Crippen molar-refractivity contribution in [1.29, 1.82) is 0 Å². The fraction of sp³-hybridized carbons (Fsp3) is 1.00. The van der Waals surface area contributed by atoms with Crippen LogP contribution >= 0.6 is 0 Å². The van der Waals surface area contributed by atoms with E-state index in [0.29, 0.717) is 26.4 Å². The highest BCUT2D eigenvalue weighted by molar-refractivity contribution is 4.79. The molecule has 2 rings (SSSR count). The molecule has 0 aromatic rings. The summed E-state index contributed by atoms with van der Waals surface area (Å²) in [6.45, 7) is 7.11. The van der Waals surface area contributed by atoms with Crippen LogP contribution in [0.4, 0.5) is 0 Å². The van der Waals surface area contributed by atoms with Gasteiger partial charge in [0.1, 0.15) is 12.2 Å². The Morgan fingerprint density at radius 1 is 0.895 bits per heavy atom. The van der Waals surface area contributed by atoms with E-state index in [1.807, 2.05) is 0 Å². The molecule has 0 amide bonds. The van der Waals surface area contributed by atoms with Gasteiger partial charge in [-0.15, -0.1) is 0 Å². The van der Waals surface area contributed by atoms with Gasteiger partial charge in [-0.25, -0.2) is 0 Å². The van der Waals surface area contributed by atoms with Crippen LogP contribution < -0.4 is 0 Å². The molecule has 0 saturated carbocycles. The minimum atomic E-state index is -0.317. The molecule has 5 nitrogen and oxygen atoms in total. The topological polar surface area (TPSA) is 52.8 Å². The summed E-state index contributed by atoms with van der Waals surface area (Å²) in [6.07, 6.45) is 3.79. The molecule has 19 heavy (non-hydrogen) atoms. The summed E-state index contributed by atoms with van der Waals surface area (Å²) >= 11 is 0. The molecule has 0 aromatic heterocycles. The molecule has 4 unspecified atom stereocenters. The highest BCUT2D eigenvalue weighted by Gasteiger charge is 2.41. The SMILES string of the molecule is CCCCOC(OC(OCCCC)C1CO1)C1CO1. The molecule has 2 heterocycles. The van der Waals surface area contributed by atoms with Crippen LogP contribution in [0.5, 0.6) is 0 Å². The van der Waals surface area contributed by atoms with Gasteiger partial charge in [0.15, 0.2) is 12.6 Å². The van der Waals surface area contributed by atoms with Crippen LogP contribution in [0.2, 0.25) is 0 Å². The number of hydrogen-bond acceptors (Lipinski definition) is 5. The van der Waals surface area contributed by atoms with Gasteiger partial charge in [0.25, 0.3) is 0 Å². The lowest BCUT2D eigenvalue weighted by Gasteiger charge is -2.23. The molecule has 4 atom stereocenters. The van der Waals surface area contributed by atoms with E-state index in [0.717, 1.165) is 25.7 Å². The van der Waals surface area contributed by atoms with Gasteiger partial charge in [-0.3, -0.25) is 0 Å². The Labute approximate surface area is 115 Å². The van der Waals surface area contributed by atoms with Gasteiger partial charge < -0.3 is 23.7 Å². The fourth-order valence-corrected chi connectivity index (χ4v) is 1.71. The van der Waals surface area contributed by atoms with Crippen LogP contribution in [-0.2, 0) is 23.7 Å². The second-order valence-electron chi connectivity index (χ2n) is 5.07. The van der Waals surface area contributed by atoms with E-state index in [9.17, 15) is 0 Å². The first-order valence-corrected chi connectivity index (χ1v) is 7.47. The van der Waals surface area contributed by atoms with Gasteiger partial charge >= 0.3 is 0 Å². The van der Waals surface area contributed by atoms with Crippen molar-refractivity contribution >= 4 is 0 Å². The number of rotatable bonds is 12. The van der Waals surface area contributed by atoms with Crippen molar-refractivity contribution in [3.05, 3.63) is 0 Å². The average Bonchev–Trinajstić information content (AvgIpc) is 3.29. The summed E-state index contributed by atoms with van der Waals surface area (Å²) in [5.74, 6) is 0. The largest absolute Gasteiger partial charge is 0.368 e. The van der Waals surface area contributed by atoms with E-state index in [2.05, 4.69) is 13.8 Å². The molecule has 2 saturated heterocycles. The van der Waals surface area contributed by atoms with E-state index in [1.165, 1.54) is 0 Å². The normalized spacial score (nSPS) is 28.1. The Balaban J connectivity index is 1.72. The second-order valence-corrected chi connectivity index (χ2v) is 5.07. The van der Waals surface area contributed by atoms with Crippen LogP contribution in [0.1, 0.15) is 39.5 Å². The summed E-state index contributed by atoms with van der Waals surface area (Å²) in [4.78, 5) is 0. The zero-order chi connectivity index (χ0) is 13.5. The lowest BCUT2D eigenvalue weighted by molar-refractivity contribution is -0.256. The van der Waals surface area contributed by atoms with Crippen LogP contribution in [0, 0.1) is 0 Å². The lowest BCUT2D eigenvalue weighted by Crippen LogP contribution is -2.34. The van der Waals surface area contributed by atoms with Crippen molar-refractivity contribution in [2.75, 3.05) is 26.4 Å². The molecule has 5 heteroatoms. The Kier molecular flexibility index (Phi) is 6.53. The van der Waals surface area contributed by atoms with Gasteiger partial charge in [-0.1, -0.05) is 26.7 Å². The Bertz CT molecular complexity index is 216. The maximum Gasteiger partial charge on any atom is 0.189 e. The third kappa shape index (κ3) is 5.75. The van der Waals surface area contributed by atoms with Gasteiger partial charge in [-0.05, 0) is 12.8 Å². The molecule has 0 aromatic carbocycles. The smallest absolute Gasteiger partial charge is 0.189 e. The van der Waals surface area contributed by atoms with Crippen LogP contribution in [0.3, 0.4) is 0 Å². The average molecular weight is 274 g/mol. The summed E-state index contributed by atoms with van der Waals surface area (Å²) in [6, 6.07) is 0. The first kappa shape index (κ1) is 15.2. The van der Waals surface area contributed by atoms with E-state index >= 15 is 0 Å². The van der Waals surface area contributed by atoms with Crippen molar-refractivity contribution in [3.8, 4) is 0 Å². The molecular formula is C14H26O5. The fourth-order valence-electron chi connectivity index (χ4n) is 1.71. The number of hydrogen-bond donors (Lipinski definition) is 0. The Morgan fingerprint density at radius 2 is 1.32 bits per heavy atom. The summed E-state index contributed by atoms with van der Waals surface area (Å²) in [5.41, 5.74) is 0. The van der Waals surface area contributed by atoms with Gasteiger partial charge in [0, 0.05) is 13.2 Å². The number of unbranched alkanes of at least 4 members (excludes halogenated alkanes) is 2. The highest BCUT2D eigenvalue weighted by Crippen LogP contribution is 2.25. The van der Waals surface area contributed by atoms with E-state index < -0.39 is 0 Å². The predicted octanol–water partition coefficient (Wildman–Crippen LogP) is 2.09. The minimum absolute atomic E-state index is 0.0629. The van der Waals surface area contributed by atoms with Gasteiger partial charge in [0.05, 0.1) is 13.2 Å². The molecular weight excluding hydrogens is 248 g/mol. The Morgan fingerprint density at radius 3 is 1.63 bits per heavy atom. The summed E-state index contributed by atoms with van der Waals surface area (Å²) in [5, 5.41) is 0. The third-order valence-corrected chi connectivity index (χ3v) is 3.15. The van der Waals surface area contributed by atoms with E-state index in [-0.39, 0.29) is 24.8 Å². The molecule has 2 aliphatic rings. The van der Waals surface area contributed by atoms with Gasteiger partial charge in [0.2, 0.25) is 0 Å². The monoisotopic (exact) mass is 274 g/mol. The zero-order valence-electron chi connectivity index (χ0n) is 12.0. The van der Waals surface area contributed by atoms with Crippen molar-refractivity contribution in [2.24, 2.45) is 0 Å². The second kappa shape index (κ2) is 8.17. The zero-order valence-corrected chi connectivity index (χ0v) is 12.0.